The van der Waals surface area contributed by atoms with Gasteiger partial charge in [0.05, 0.1) is 5.56 Å². The van der Waals surface area contributed by atoms with Crippen LogP contribution in [0.3, 0.4) is 0 Å². The monoisotopic (exact) mass is 538 g/mol. The lowest BCUT2D eigenvalue weighted by Gasteiger charge is -2.37. The van der Waals surface area contributed by atoms with Gasteiger partial charge in [0.1, 0.15) is 11.5 Å². The maximum absolute atomic E-state index is 13.3. The number of aryl methyl sites for hydroxylation is 2. The molecule has 2 aliphatic rings. The summed E-state index contributed by atoms with van der Waals surface area (Å²) in [5, 5.41) is 3.53. The van der Waals surface area contributed by atoms with Crippen molar-refractivity contribution >= 4 is 23.0 Å². The van der Waals surface area contributed by atoms with Gasteiger partial charge < -0.3 is 19.7 Å². The maximum Gasteiger partial charge on any atom is 0.340 e. The molecular formula is C36H30N2O3. The van der Waals surface area contributed by atoms with Gasteiger partial charge in [-0.3, -0.25) is 0 Å². The van der Waals surface area contributed by atoms with E-state index in [0.717, 1.165) is 33.8 Å². The van der Waals surface area contributed by atoms with Gasteiger partial charge in [0, 0.05) is 53.4 Å². The number of benzene rings is 5. The molecule has 2 aliphatic heterocycles. The van der Waals surface area contributed by atoms with E-state index in [1.807, 2.05) is 72.8 Å². The molecule has 0 saturated heterocycles. The summed E-state index contributed by atoms with van der Waals surface area (Å²) in [6.45, 7) is 4.90. The lowest BCUT2D eigenvalue weighted by Crippen LogP contribution is -2.33. The van der Waals surface area contributed by atoms with E-state index in [2.05, 4.69) is 67.5 Å². The molecule has 1 spiro atoms. The Hall–Kier alpha value is -5.03. The summed E-state index contributed by atoms with van der Waals surface area (Å²) in [5.41, 5.74) is 8.52. The van der Waals surface area contributed by atoms with Crippen LogP contribution in [-0.2, 0) is 16.9 Å². The van der Waals surface area contributed by atoms with Crippen LogP contribution in [0.1, 0.15) is 43.7 Å². The van der Waals surface area contributed by atoms with Crippen LogP contribution in [0.25, 0.3) is 0 Å². The fourth-order valence-electron chi connectivity index (χ4n) is 6.10. The Bertz CT molecular complexity index is 1810. The van der Waals surface area contributed by atoms with Crippen LogP contribution in [0.15, 0.2) is 109 Å². The molecular weight excluding hydrogens is 508 g/mol. The second-order valence-corrected chi connectivity index (χ2v) is 10.8. The molecule has 0 bridgehead atoms. The van der Waals surface area contributed by atoms with E-state index < -0.39 is 5.60 Å². The highest BCUT2D eigenvalue weighted by atomic mass is 16.6. The lowest BCUT2D eigenvalue weighted by molar-refractivity contribution is 0.0224. The summed E-state index contributed by atoms with van der Waals surface area (Å²) >= 11 is 0. The zero-order valence-electron chi connectivity index (χ0n) is 23.3. The summed E-state index contributed by atoms with van der Waals surface area (Å²) in [7, 11) is 2.06. The van der Waals surface area contributed by atoms with E-state index in [1.54, 1.807) is 0 Å². The second-order valence-electron chi connectivity index (χ2n) is 10.8. The molecule has 0 amide bonds. The lowest BCUT2D eigenvalue weighted by atomic mass is 9.77. The molecule has 5 nitrogen and oxygen atoms in total. The zero-order chi connectivity index (χ0) is 28.1. The average Bonchev–Trinajstić information content (AvgIpc) is 3.29. The van der Waals surface area contributed by atoms with Crippen molar-refractivity contribution in [2.75, 3.05) is 17.3 Å². The van der Waals surface area contributed by atoms with Gasteiger partial charge in [-0.05, 0) is 67.4 Å². The number of nitrogens with zero attached hydrogens (tertiary/aromatic N) is 1. The van der Waals surface area contributed by atoms with Crippen molar-refractivity contribution < 1.29 is 14.3 Å². The first-order chi connectivity index (χ1) is 19.9. The van der Waals surface area contributed by atoms with Gasteiger partial charge >= 0.3 is 5.97 Å². The zero-order valence-corrected chi connectivity index (χ0v) is 23.3. The first kappa shape index (κ1) is 25.0. The summed E-state index contributed by atoms with van der Waals surface area (Å²) in [6.07, 6.45) is 0. The van der Waals surface area contributed by atoms with Gasteiger partial charge in [-0.15, -0.1) is 0 Å². The summed E-state index contributed by atoms with van der Waals surface area (Å²) in [4.78, 5) is 15.5. The van der Waals surface area contributed by atoms with Crippen LogP contribution in [0.4, 0.5) is 17.1 Å². The van der Waals surface area contributed by atoms with Crippen molar-refractivity contribution in [3.63, 3.8) is 0 Å². The van der Waals surface area contributed by atoms with E-state index >= 15 is 0 Å². The van der Waals surface area contributed by atoms with Gasteiger partial charge in [0.15, 0.2) is 5.60 Å². The number of carbonyl (C=O) groups is 1. The molecule has 0 radical (unpaired) electrons. The molecule has 5 heteroatoms. The molecule has 41 heavy (non-hydrogen) atoms. The molecule has 0 saturated carbocycles. The summed E-state index contributed by atoms with van der Waals surface area (Å²) < 4.78 is 13.0. The van der Waals surface area contributed by atoms with Gasteiger partial charge in [-0.2, -0.15) is 0 Å². The Balaban J connectivity index is 1.34. The van der Waals surface area contributed by atoms with Crippen molar-refractivity contribution in [2.24, 2.45) is 0 Å². The Morgan fingerprint density at radius 3 is 2.39 bits per heavy atom. The van der Waals surface area contributed by atoms with Crippen molar-refractivity contribution in [2.45, 2.75) is 26.0 Å². The van der Waals surface area contributed by atoms with Crippen LogP contribution >= 0.6 is 0 Å². The van der Waals surface area contributed by atoms with Crippen molar-refractivity contribution in [3.8, 4) is 11.5 Å². The third-order valence-corrected chi connectivity index (χ3v) is 8.14. The van der Waals surface area contributed by atoms with E-state index in [1.165, 1.54) is 16.7 Å². The van der Waals surface area contributed by atoms with E-state index in [-0.39, 0.29) is 5.97 Å². The first-order valence-electron chi connectivity index (χ1n) is 13.8. The van der Waals surface area contributed by atoms with Gasteiger partial charge in [0.25, 0.3) is 0 Å². The predicted octanol–water partition coefficient (Wildman–Crippen LogP) is 8.25. The number of carbonyl (C=O) groups excluding carboxylic acids is 1. The number of ether oxygens (including phenoxy) is 2. The standard InChI is InChI=1S/C36H30N2O3/c1-23-13-17-32(24(2)19-23)38(3)27-15-16-30-34(21-27)40-33-18-14-26(37-22-25-9-5-4-6-10-25)20-31(33)36(30)29-12-8-7-11-28(29)35(39)41-36/h4-21,37H,22H2,1-3H3. The molecule has 5 aromatic rings. The minimum Gasteiger partial charge on any atom is -0.456 e. The molecule has 0 fully saturated rings. The van der Waals surface area contributed by atoms with E-state index in [9.17, 15) is 4.79 Å². The van der Waals surface area contributed by atoms with Gasteiger partial charge in [-0.25, -0.2) is 4.79 Å². The second kappa shape index (κ2) is 9.56. The highest BCUT2D eigenvalue weighted by molar-refractivity contribution is 5.97. The van der Waals surface area contributed by atoms with Crippen LogP contribution in [0.5, 0.6) is 11.5 Å². The largest absolute Gasteiger partial charge is 0.456 e. The predicted molar refractivity (Wildman–Crippen MR) is 162 cm³/mol. The van der Waals surface area contributed by atoms with Crippen molar-refractivity contribution in [3.05, 3.63) is 148 Å². The minimum atomic E-state index is -1.11. The minimum absolute atomic E-state index is 0.335. The number of rotatable bonds is 5. The van der Waals surface area contributed by atoms with Crippen LogP contribution in [0.2, 0.25) is 0 Å². The summed E-state index contributed by atoms with van der Waals surface area (Å²) in [5.74, 6) is 0.998. The fourth-order valence-corrected chi connectivity index (χ4v) is 6.10. The summed E-state index contributed by atoms with van der Waals surface area (Å²) in [6, 6.07) is 36.5. The molecule has 1 unspecified atom stereocenters. The molecule has 202 valence electrons. The highest BCUT2D eigenvalue weighted by Crippen LogP contribution is 2.57. The molecule has 2 heterocycles. The quantitative estimate of drug-likeness (QED) is 0.228. The topological polar surface area (TPSA) is 50.8 Å². The smallest absolute Gasteiger partial charge is 0.340 e. The normalized spacial score (nSPS) is 16.3. The van der Waals surface area contributed by atoms with Crippen LogP contribution < -0.4 is 15.0 Å². The molecule has 1 N–H and O–H groups in total. The fraction of sp³-hybridized carbons (Fsp3) is 0.139. The third-order valence-electron chi connectivity index (χ3n) is 8.14. The maximum atomic E-state index is 13.3. The molecule has 5 aromatic carbocycles. The van der Waals surface area contributed by atoms with E-state index in [0.29, 0.717) is 23.6 Å². The highest BCUT2D eigenvalue weighted by Gasteiger charge is 2.53. The van der Waals surface area contributed by atoms with Gasteiger partial charge in [-0.1, -0.05) is 66.2 Å². The first-order valence-corrected chi connectivity index (χ1v) is 13.8. The molecule has 1 atom stereocenters. The Morgan fingerprint density at radius 1 is 0.756 bits per heavy atom. The molecule has 7 rings (SSSR count). The number of nitrogens with one attached hydrogen (secondary N) is 1. The Kier molecular flexibility index (Phi) is 5.82. The van der Waals surface area contributed by atoms with Crippen molar-refractivity contribution in [1.29, 1.82) is 0 Å². The van der Waals surface area contributed by atoms with Crippen LogP contribution in [-0.4, -0.2) is 13.0 Å². The number of fused-ring (bicyclic) bond motifs is 6. The Morgan fingerprint density at radius 2 is 1.56 bits per heavy atom. The number of esters is 1. The Labute approximate surface area is 240 Å². The van der Waals surface area contributed by atoms with Crippen LogP contribution in [0, 0.1) is 13.8 Å². The third kappa shape index (κ3) is 4.04. The van der Waals surface area contributed by atoms with E-state index in [4.69, 9.17) is 9.47 Å². The van der Waals surface area contributed by atoms with Crippen molar-refractivity contribution in [1.82, 2.24) is 0 Å². The van der Waals surface area contributed by atoms with Gasteiger partial charge in [0.2, 0.25) is 0 Å². The number of anilines is 3. The number of hydrogen-bond donors (Lipinski definition) is 1. The molecule has 0 aromatic heterocycles. The number of hydrogen-bond acceptors (Lipinski definition) is 5. The SMILES string of the molecule is Cc1ccc(N(C)c2ccc3c(c2)Oc2ccc(NCc4ccccc4)cc2C32OC(=O)c3ccccc32)c(C)c1. The average molecular weight is 539 g/mol. The molecule has 0 aliphatic carbocycles.